The standard InChI is InChI=1S/C11H13ClF2N2O4S/c1-2-20-4-3-16-11(17)6-5-7(13)9(14)10(8(6)12)21(15,18)19/h5H,2-4H2,1H3,(H,16,17)(H2,15,18,19). The van der Waals surface area contributed by atoms with Gasteiger partial charge in [-0.3, -0.25) is 4.79 Å². The van der Waals surface area contributed by atoms with E-state index in [4.69, 9.17) is 21.5 Å². The van der Waals surface area contributed by atoms with Crippen LogP contribution in [0.3, 0.4) is 0 Å². The number of hydrogen-bond donors (Lipinski definition) is 2. The number of rotatable bonds is 6. The monoisotopic (exact) mass is 342 g/mol. The van der Waals surface area contributed by atoms with Gasteiger partial charge in [0.05, 0.1) is 17.2 Å². The molecule has 0 bridgehead atoms. The van der Waals surface area contributed by atoms with Gasteiger partial charge in [0, 0.05) is 13.2 Å². The van der Waals surface area contributed by atoms with Crippen LogP contribution in [0.15, 0.2) is 11.0 Å². The molecule has 1 aromatic carbocycles. The average Bonchev–Trinajstić information content (AvgIpc) is 2.37. The van der Waals surface area contributed by atoms with Crippen LogP contribution in [0.25, 0.3) is 0 Å². The van der Waals surface area contributed by atoms with Crippen molar-refractivity contribution in [1.29, 1.82) is 0 Å². The highest BCUT2D eigenvalue weighted by Gasteiger charge is 2.27. The first-order valence-corrected chi connectivity index (χ1v) is 7.68. The van der Waals surface area contributed by atoms with Gasteiger partial charge in [0.25, 0.3) is 5.91 Å². The summed E-state index contributed by atoms with van der Waals surface area (Å²) >= 11 is 5.65. The number of nitrogens with one attached hydrogen (secondary N) is 1. The molecule has 0 aromatic heterocycles. The van der Waals surface area contributed by atoms with E-state index in [1.165, 1.54) is 0 Å². The molecule has 0 heterocycles. The van der Waals surface area contributed by atoms with Crippen molar-refractivity contribution in [2.45, 2.75) is 11.8 Å². The minimum atomic E-state index is -4.62. The Balaban J connectivity index is 3.15. The fraction of sp³-hybridized carbons (Fsp3) is 0.364. The molecule has 0 unspecified atom stereocenters. The molecule has 0 aliphatic heterocycles. The second-order valence-corrected chi connectivity index (χ2v) is 5.74. The van der Waals surface area contributed by atoms with Crippen molar-refractivity contribution >= 4 is 27.5 Å². The smallest absolute Gasteiger partial charge is 0.253 e. The van der Waals surface area contributed by atoms with E-state index in [1.54, 1.807) is 6.92 Å². The van der Waals surface area contributed by atoms with Gasteiger partial charge >= 0.3 is 0 Å². The lowest BCUT2D eigenvalue weighted by atomic mass is 10.2. The Hall–Kier alpha value is -1.29. The summed E-state index contributed by atoms with van der Waals surface area (Å²) in [6.45, 7) is 2.49. The van der Waals surface area contributed by atoms with E-state index >= 15 is 0 Å². The minimum Gasteiger partial charge on any atom is -0.380 e. The van der Waals surface area contributed by atoms with Gasteiger partial charge in [0.15, 0.2) is 11.6 Å². The van der Waals surface area contributed by atoms with Crippen LogP contribution >= 0.6 is 11.6 Å². The zero-order valence-electron chi connectivity index (χ0n) is 11.0. The molecule has 6 nitrogen and oxygen atoms in total. The number of carbonyl (C=O) groups is 1. The predicted molar refractivity (Wildman–Crippen MR) is 71.6 cm³/mol. The number of nitrogens with two attached hydrogens (primary N) is 1. The number of ether oxygens (including phenoxy) is 1. The highest BCUT2D eigenvalue weighted by atomic mass is 35.5. The number of hydrogen-bond acceptors (Lipinski definition) is 4. The number of sulfonamides is 1. The molecular formula is C11H13ClF2N2O4S. The molecule has 0 saturated carbocycles. The van der Waals surface area contributed by atoms with Crippen LogP contribution in [0, 0.1) is 11.6 Å². The van der Waals surface area contributed by atoms with Gasteiger partial charge in [-0.05, 0) is 13.0 Å². The maximum Gasteiger partial charge on any atom is 0.253 e. The molecule has 3 N–H and O–H groups in total. The lowest BCUT2D eigenvalue weighted by Gasteiger charge is -2.11. The molecule has 0 radical (unpaired) electrons. The normalized spacial score (nSPS) is 11.5. The zero-order valence-corrected chi connectivity index (χ0v) is 12.5. The van der Waals surface area contributed by atoms with Crippen molar-refractivity contribution in [1.82, 2.24) is 5.32 Å². The van der Waals surface area contributed by atoms with Gasteiger partial charge in [-0.1, -0.05) is 11.6 Å². The van der Waals surface area contributed by atoms with Crippen molar-refractivity contribution in [3.05, 3.63) is 28.3 Å². The number of amides is 1. The topological polar surface area (TPSA) is 98.5 Å². The molecule has 0 saturated heterocycles. The lowest BCUT2D eigenvalue weighted by Crippen LogP contribution is -2.28. The Bertz CT molecular complexity index is 652. The van der Waals surface area contributed by atoms with Crippen molar-refractivity contribution in [2.75, 3.05) is 19.8 Å². The van der Waals surface area contributed by atoms with Crippen LogP contribution < -0.4 is 10.5 Å². The fourth-order valence-corrected chi connectivity index (χ4v) is 2.72. The van der Waals surface area contributed by atoms with Gasteiger partial charge in [0.1, 0.15) is 4.90 Å². The third-order valence-corrected chi connectivity index (χ3v) is 3.84. The van der Waals surface area contributed by atoms with Gasteiger partial charge in [-0.2, -0.15) is 0 Å². The maximum atomic E-state index is 13.5. The summed E-state index contributed by atoms with van der Waals surface area (Å²) in [6, 6.07) is 0.502. The quantitative estimate of drug-likeness (QED) is 0.596. The number of primary sulfonamides is 1. The van der Waals surface area contributed by atoms with Crippen LogP contribution in [0.5, 0.6) is 0 Å². The Morgan fingerprint density at radius 2 is 2.10 bits per heavy atom. The second kappa shape index (κ2) is 7.12. The zero-order chi connectivity index (χ0) is 16.2. The Labute approximate surface area is 125 Å². The Kier molecular flexibility index (Phi) is 6.02. The highest BCUT2D eigenvalue weighted by molar-refractivity contribution is 7.89. The molecule has 118 valence electrons. The van der Waals surface area contributed by atoms with Crippen LogP contribution in [-0.4, -0.2) is 34.1 Å². The van der Waals surface area contributed by atoms with E-state index in [0.29, 0.717) is 12.7 Å². The lowest BCUT2D eigenvalue weighted by molar-refractivity contribution is 0.0922. The summed E-state index contributed by atoms with van der Waals surface area (Å²) in [4.78, 5) is 10.5. The second-order valence-electron chi connectivity index (χ2n) is 3.86. The molecule has 0 atom stereocenters. The molecule has 0 aliphatic rings. The first kappa shape index (κ1) is 17.8. The summed E-state index contributed by atoms with van der Waals surface area (Å²) in [5, 5.41) is 6.32. The molecular weight excluding hydrogens is 330 g/mol. The van der Waals surface area contributed by atoms with E-state index in [2.05, 4.69) is 5.32 Å². The summed E-state index contributed by atoms with van der Waals surface area (Å²) in [7, 11) is -4.62. The van der Waals surface area contributed by atoms with Crippen LogP contribution in [-0.2, 0) is 14.8 Å². The molecule has 1 amide bonds. The number of halogens is 3. The molecule has 0 spiro atoms. The van der Waals surface area contributed by atoms with E-state index < -0.39 is 43.0 Å². The van der Waals surface area contributed by atoms with Crippen LogP contribution in [0.2, 0.25) is 5.02 Å². The maximum absolute atomic E-state index is 13.5. The summed E-state index contributed by atoms with van der Waals surface area (Å²) in [5.74, 6) is -4.14. The van der Waals surface area contributed by atoms with Gasteiger partial charge in [-0.25, -0.2) is 22.3 Å². The summed E-state index contributed by atoms with van der Waals surface area (Å²) in [6.07, 6.45) is 0. The molecule has 1 aromatic rings. The van der Waals surface area contributed by atoms with Crippen molar-refractivity contribution in [2.24, 2.45) is 5.14 Å². The SMILES string of the molecule is CCOCCNC(=O)c1cc(F)c(F)c(S(N)(=O)=O)c1Cl. The third kappa shape index (κ3) is 4.34. The molecule has 0 fully saturated rings. The average molecular weight is 343 g/mol. The fourth-order valence-electron chi connectivity index (χ4n) is 1.47. The van der Waals surface area contributed by atoms with Gasteiger partial charge in [0.2, 0.25) is 10.0 Å². The highest BCUT2D eigenvalue weighted by Crippen LogP contribution is 2.29. The summed E-state index contributed by atoms with van der Waals surface area (Å²) < 4.78 is 54.3. The third-order valence-electron chi connectivity index (χ3n) is 2.38. The van der Waals surface area contributed by atoms with Gasteiger partial charge in [-0.15, -0.1) is 0 Å². The van der Waals surface area contributed by atoms with E-state index in [9.17, 15) is 22.0 Å². The van der Waals surface area contributed by atoms with Crippen LogP contribution in [0.4, 0.5) is 8.78 Å². The Morgan fingerprint density at radius 1 is 1.48 bits per heavy atom. The molecule has 21 heavy (non-hydrogen) atoms. The molecule has 1 rings (SSSR count). The Morgan fingerprint density at radius 3 is 2.62 bits per heavy atom. The number of benzene rings is 1. The van der Waals surface area contributed by atoms with Crippen LogP contribution in [0.1, 0.15) is 17.3 Å². The predicted octanol–water partition coefficient (Wildman–Crippen LogP) is 1.03. The first-order valence-electron chi connectivity index (χ1n) is 5.76. The number of carbonyl (C=O) groups excluding carboxylic acids is 1. The van der Waals surface area contributed by atoms with Crippen molar-refractivity contribution in [3.63, 3.8) is 0 Å². The largest absolute Gasteiger partial charge is 0.380 e. The first-order chi connectivity index (χ1) is 9.70. The molecule has 0 aliphatic carbocycles. The molecule has 10 heteroatoms. The van der Waals surface area contributed by atoms with E-state index in [1.807, 2.05) is 0 Å². The van der Waals surface area contributed by atoms with Crippen molar-refractivity contribution < 1.29 is 26.7 Å². The van der Waals surface area contributed by atoms with E-state index in [0.717, 1.165) is 0 Å². The summed E-state index contributed by atoms with van der Waals surface area (Å²) in [5.41, 5.74) is -0.531. The van der Waals surface area contributed by atoms with E-state index in [-0.39, 0.29) is 13.2 Å². The van der Waals surface area contributed by atoms with Crippen molar-refractivity contribution in [3.8, 4) is 0 Å². The minimum absolute atomic E-state index is 0.0900. The van der Waals surface area contributed by atoms with Gasteiger partial charge < -0.3 is 10.1 Å².